The van der Waals surface area contributed by atoms with Gasteiger partial charge < -0.3 is 19.6 Å². The van der Waals surface area contributed by atoms with Crippen LogP contribution in [0.2, 0.25) is 0 Å². The van der Waals surface area contributed by atoms with Crippen LogP contribution in [0.25, 0.3) is 5.65 Å². The third-order valence-electron chi connectivity index (χ3n) is 2.91. The molecule has 0 radical (unpaired) electrons. The van der Waals surface area contributed by atoms with Crippen LogP contribution in [0, 0.1) is 6.92 Å². The fraction of sp³-hybridized carbons (Fsp3) is 0.385. The molecule has 8 heteroatoms. The number of rotatable bonds is 6. The minimum atomic E-state index is 0.410. The van der Waals surface area contributed by atoms with Crippen LogP contribution in [0.15, 0.2) is 23.1 Å². The van der Waals surface area contributed by atoms with Gasteiger partial charge in [0.05, 0.1) is 12.7 Å². The lowest BCUT2D eigenvalue weighted by Gasteiger charge is -2.09. The Bertz CT molecular complexity index is 733. The van der Waals surface area contributed by atoms with E-state index in [0.29, 0.717) is 24.1 Å². The first-order chi connectivity index (χ1) is 10.3. The molecule has 0 spiro atoms. The van der Waals surface area contributed by atoms with Crippen LogP contribution in [-0.2, 0) is 6.54 Å². The average Bonchev–Trinajstić information content (AvgIpc) is 3.11. The minimum Gasteiger partial charge on any atom is -0.369 e. The largest absolute Gasteiger partial charge is 0.369 e. The third kappa shape index (κ3) is 2.93. The number of imidazole rings is 1. The first-order valence-electron chi connectivity index (χ1n) is 6.87. The quantitative estimate of drug-likeness (QED) is 0.714. The van der Waals surface area contributed by atoms with Crippen LogP contribution in [-0.4, -0.2) is 31.1 Å². The molecule has 8 nitrogen and oxygen atoms in total. The molecule has 0 amide bonds. The summed E-state index contributed by atoms with van der Waals surface area (Å²) in [5.41, 5.74) is 0.758. The molecule has 0 saturated heterocycles. The normalized spacial score (nSPS) is 11.0. The van der Waals surface area contributed by atoms with Crippen molar-refractivity contribution in [2.45, 2.75) is 26.8 Å². The zero-order chi connectivity index (χ0) is 14.7. The molecule has 0 aromatic carbocycles. The summed E-state index contributed by atoms with van der Waals surface area (Å²) in [5, 5.41) is 10.2. The predicted octanol–water partition coefficient (Wildman–Crippen LogP) is 1.85. The molecule has 0 aliphatic rings. The molecule has 3 aromatic heterocycles. The fourth-order valence-corrected chi connectivity index (χ4v) is 1.96. The van der Waals surface area contributed by atoms with Crippen molar-refractivity contribution in [3.63, 3.8) is 0 Å². The van der Waals surface area contributed by atoms with E-state index in [0.717, 1.165) is 24.4 Å². The summed E-state index contributed by atoms with van der Waals surface area (Å²) in [4.78, 5) is 13.0. The van der Waals surface area contributed by atoms with E-state index in [1.807, 2.05) is 16.8 Å². The number of nitrogens with one attached hydrogen (secondary N) is 2. The second-order valence-electron chi connectivity index (χ2n) is 4.65. The van der Waals surface area contributed by atoms with Crippen molar-refractivity contribution in [2.75, 3.05) is 17.2 Å². The van der Waals surface area contributed by atoms with Crippen LogP contribution in [0.1, 0.15) is 25.1 Å². The lowest BCUT2D eigenvalue weighted by Crippen LogP contribution is -2.08. The fourth-order valence-electron chi connectivity index (χ4n) is 1.96. The van der Waals surface area contributed by atoms with Gasteiger partial charge in [0.1, 0.15) is 5.82 Å². The summed E-state index contributed by atoms with van der Waals surface area (Å²) in [6.07, 6.45) is 6.58. The molecule has 0 bridgehead atoms. The van der Waals surface area contributed by atoms with E-state index in [-0.39, 0.29) is 0 Å². The molecule has 0 unspecified atom stereocenters. The van der Waals surface area contributed by atoms with Crippen LogP contribution < -0.4 is 10.6 Å². The third-order valence-corrected chi connectivity index (χ3v) is 2.91. The van der Waals surface area contributed by atoms with Gasteiger partial charge in [0, 0.05) is 18.9 Å². The summed E-state index contributed by atoms with van der Waals surface area (Å²) in [6.45, 7) is 5.18. The molecule has 3 aromatic rings. The Hall–Kier alpha value is -2.64. The van der Waals surface area contributed by atoms with Crippen LogP contribution in [0.5, 0.6) is 0 Å². The highest BCUT2D eigenvalue weighted by atomic mass is 16.5. The van der Waals surface area contributed by atoms with Crippen LogP contribution >= 0.6 is 0 Å². The van der Waals surface area contributed by atoms with Gasteiger partial charge in [0.2, 0.25) is 5.89 Å². The highest BCUT2D eigenvalue weighted by Gasteiger charge is 2.09. The molecule has 110 valence electrons. The zero-order valence-corrected chi connectivity index (χ0v) is 12.0. The number of anilines is 2. The monoisotopic (exact) mass is 287 g/mol. The Labute approximate surface area is 121 Å². The molecule has 2 N–H and O–H groups in total. The summed E-state index contributed by atoms with van der Waals surface area (Å²) in [5.74, 6) is 2.61. The van der Waals surface area contributed by atoms with E-state index < -0.39 is 0 Å². The molecular formula is C13H17N7O. The van der Waals surface area contributed by atoms with Gasteiger partial charge in [-0.1, -0.05) is 12.1 Å². The van der Waals surface area contributed by atoms with Crippen molar-refractivity contribution in [3.05, 3.63) is 30.3 Å². The smallest absolute Gasteiger partial charge is 0.245 e. The second kappa shape index (κ2) is 5.78. The molecule has 0 atom stereocenters. The number of aryl methyl sites for hydroxylation is 1. The Morgan fingerprint density at radius 1 is 1.29 bits per heavy atom. The Balaban J connectivity index is 1.83. The van der Waals surface area contributed by atoms with E-state index in [2.05, 4.69) is 37.7 Å². The maximum Gasteiger partial charge on any atom is 0.245 e. The maximum atomic E-state index is 5.08. The molecule has 0 aliphatic heterocycles. The molecule has 0 aliphatic carbocycles. The van der Waals surface area contributed by atoms with Gasteiger partial charge in [-0.25, -0.2) is 9.97 Å². The van der Waals surface area contributed by atoms with Crippen molar-refractivity contribution >= 4 is 17.3 Å². The lowest BCUT2D eigenvalue weighted by molar-refractivity contribution is 0.379. The summed E-state index contributed by atoms with van der Waals surface area (Å²) < 4.78 is 7.00. The van der Waals surface area contributed by atoms with E-state index in [1.165, 1.54) is 0 Å². The maximum absolute atomic E-state index is 5.08. The molecule has 0 fully saturated rings. The standard InChI is InChI=1S/C13H17N7O/c1-3-4-14-10-8-20-6-5-15-13(20)12(18-10)16-7-11-17-9(2)19-21-11/h5-6,8,14H,3-4,7H2,1-2H3,(H,16,18). The van der Waals surface area contributed by atoms with Crippen LogP contribution in [0.4, 0.5) is 11.6 Å². The predicted molar refractivity (Wildman–Crippen MR) is 78.1 cm³/mol. The number of fused-ring (bicyclic) bond motifs is 1. The van der Waals surface area contributed by atoms with Gasteiger partial charge >= 0.3 is 0 Å². The van der Waals surface area contributed by atoms with Gasteiger partial charge in [-0.15, -0.1) is 0 Å². The van der Waals surface area contributed by atoms with Gasteiger partial charge in [-0.3, -0.25) is 0 Å². The van der Waals surface area contributed by atoms with Gasteiger partial charge in [-0.2, -0.15) is 4.98 Å². The van der Waals surface area contributed by atoms with Gasteiger partial charge in [0.25, 0.3) is 0 Å². The Morgan fingerprint density at radius 3 is 2.95 bits per heavy atom. The number of hydrogen-bond donors (Lipinski definition) is 2. The van der Waals surface area contributed by atoms with Crippen LogP contribution in [0.3, 0.4) is 0 Å². The highest BCUT2D eigenvalue weighted by Crippen LogP contribution is 2.17. The average molecular weight is 287 g/mol. The van der Waals surface area contributed by atoms with Crippen molar-refractivity contribution in [1.82, 2.24) is 24.5 Å². The van der Waals surface area contributed by atoms with Crippen molar-refractivity contribution in [1.29, 1.82) is 0 Å². The highest BCUT2D eigenvalue weighted by molar-refractivity contribution is 5.65. The summed E-state index contributed by atoms with van der Waals surface area (Å²) in [6, 6.07) is 0. The van der Waals surface area contributed by atoms with Gasteiger partial charge in [-0.05, 0) is 13.3 Å². The molecule has 3 rings (SSSR count). The summed E-state index contributed by atoms with van der Waals surface area (Å²) >= 11 is 0. The van der Waals surface area contributed by atoms with Gasteiger partial charge in [0.15, 0.2) is 17.3 Å². The van der Waals surface area contributed by atoms with Crippen molar-refractivity contribution in [3.8, 4) is 0 Å². The Kier molecular flexibility index (Phi) is 3.67. The topological polar surface area (TPSA) is 93.2 Å². The van der Waals surface area contributed by atoms with E-state index in [1.54, 1.807) is 13.1 Å². The molecular weight excluding hydrogens is 270 g/mol. The van der Waals surface area contributed by atoms with Crippen molar-refractivity contribution < 1.29 is 4.52 Å². The van der Waals surface area contributed by atoms with E-state index in [4.69, 9.17) is 4.52 Å². The molecule has 3 heterocycles. The van der Waals surface area contributed by atoms with E-state index >= 15 is 0 Å². The number of aromatic nitrogens is 5. The number of hydrogen-bond acceptors (Lipinski definition) is 7. The first-order valence-corrected chi connectivity index (χ1v) is 6.87. The number of nitrogens with zero attached hydrogens (tertiary/aromatic N) is 5. The summed E-state index contributed by atoms with van der Waals surface area (Å²) in [7, 11) is 0. The first kappa shape index (κ1) is 13.3. The lowest BCUT2D eigenvalue weighted by atomic mass is 10.4. The molecule has 21 heavy (non-hydrogen) atoms. The SMILES string of the molecule is CCCNc1cn2ccnc2c(NCc2nc(C)no2)n1. The minimum absolute atomic E-state index is 0.410. The van der Waals surface area contributed by atoms with Crippen molar-refractivity contribution in [2.24, 2.45) is 0 Å². The molecule has 0 saturated carbocycles. The second-order valence-corrected chi connectivity index (χ2v) is 4.65. The van der Waals surface area contributed by atoms with E-state index in [9.17, 15) is 0 Å². The zero-order valence-electron chi connectivity index (χ0n) is 12.0. The Morgan fingerprint density at radius 2 is 2.19 bits per heavy atom.